The summed E-state index contributed by atoms with van der Waals surface area (Å²) in [4.78, 5) is 16.7. The number of unbranched alkanes of at least 4 members (excludes halogenated alkanes) is 3. The minimum atomic E-state index is -0.224. The number of aromatic nitrogens is 2. The molecule has 1 aromatic carbocycles. The van der Waals surface area contributed by atoms with Crippen LogP contribution in [-0.2, 0) is 13.0 Å². The summed E-state index contributed by atoms with van der Waals surface area (Å²) >= 11 is 0. The predicted molar refractivity (Wildman–Crippen MR) is 107 cm³/mol. The third-order valence-electron chi connectivity index (χ3n) is 4.94. The first kappa shape index (κ1) is 19.2. The molecule has 1 aromatic heterocycles. The van der Waals surface area contributed by atoms with Crippen molar-refractivity contribution in [1.29, 1.82) is 0 Å². The van der Waals surface area contributed by atoms with Crippen LogP contribution in [0.15, 0.2) is 23.0 Å². The lowest BCUT2D eigenvalue weighted by Gasteiger charge is -2.23. The van der Waals surface area contributed by atoms with Crippen LogP contribution < -0.4 is 26.2 Å². The molecule has 0 amide bonds. The van der Waals surface area contributed by atoms with E-state index >= 15 is 0 Å². The van der Waals surface area contributed by atoms with E-state index in [1.807, 2.05) is 18.2 Å². The number of aryl methyl sites for hydroxylation is 1. The zero-order valence-electron chi connectivity index (χ0n) is 16.1. The largest absolute Gasteiger partial charge is 0.493 e. The molecule has 3 N–H and O–H groups in total. The Morgan fingerprint density at radius 2 is 1.85 bits per heavy atom. The molecule has 0 saturated carbocycles. The lowest BCUT2D eigenvalue weighted by atomic mass is 9.97. The fraction of sp³-hybridized carbons (Fsp3) is 0.500. The number of hydrogen-bond donors (Lipinski definition) is 2. The Bertz CT molecular complexity index is 848. The standard InChI is InChI=1S/C20H28N4O3/c1-26-17-11-14-7-10-24-16(15(14)12-18(17)27-2)13-19(23-20(24)25)22-9-6-4-3-5-8-21/h11-13H,3-10,21H2,1-2H3,(H,22,23,25). The van der Waals surface area contributed by atoms with Crippen LogP contribution in [0.3, 0.4) is 0 Å². The molecular formula is C20H28N4O3. The number of benzene rings is 1. The van der Waals surface area contributed by atoms with Gasteiger partial charge in [0.05, 0.1) is 19.9 Å². The molecule has 1 aliphatic heterocycles. The van der Waals surface area contributed by atoms with Gasteiger partial charge in [0, 0.05) is 24.7 Å². The van der Waals surface area contributed by atoms with Crippen molar-refractivity contribution < 1.29 is 9.47 Å². The van der Waals surface area contributed by atoms with E-state index in [0.29, 0.717) is 23.9 Å². The van der Waals surface area contributed by atoms with Crippen molar-refractivity contribution in [2.75, 3.05) is 32.6 Å². The van der Waals surface area contributed by atoms with Crippen LogP contribution in [0, 0.1) is 0 Å². The van der Waals surface area contributed by atoms with Gasteiger partial charge in [-0.3, -0.25) is 4.57 Å². The van der Waals surface area contributed by atoms with Gasteiger partial charge in [-0.25, -0.2) is 4.79 Å². The number of nitrogens with two attached hydrogens (primary N) is 1. The van der Waals surface area contributed by atoms with E-state index in [2.05, 4.69) is 10.3 Å². The minimum Gasteiger partial charge on any atom is -0.493 e. The van der Waals surface area contributed by atoms with Crippen LogP contribution in [0.1, 0.15) is 31.2 Å². The van der Waals surface area contributed by atoms with E-state index in [9.17, 15) is 4.79 Å². The van der Waals surface area contributed by atoms with Crippen LogP contribution in [-0.4, -0.2) is 36.9 Å². The molecule has 0 fully saturated rings. The van der Waals surface area contributed by atoms with Gasteiger partial charge < -0.3 is 20.5 Å². The van der Waals surface area contributed by atoms with Crippen LogP contribution in [0.4, 0.5) is 5.82 Å². The highest BCUT2D eigenvalue weighted by Crippen LogP contribution is 2.38. The number of fused-ring (bicyclic) bond motifs is 3. The van der Waals surface area contributed by atoms with Gasteiger partial charge in [-0.15, -0.1) is 0 Å². The van der Waals surface area contributed by atoms with Crippen molar-refractivity contribution in [2.24, 2.45) is 5.73 Å². The minimum absolute atomic E-state index is 0.224. The van der Waals surface area contributed by atoms with Gasteiger partial charge in [0.2, 0.25) is 0 Å². The van der Waals surface area contributed by atoms with Crippen molar-refractivity contribution in [3.63, 3.8) is 0 Å². The summed E-state index contributed by atoms with van der Waals surface area (Å²) in [7, 11) is 3.25. The van der Waals surface area contributed by atoms with Gasteiger partial charge in [-0.05, 0) is 43.5 Å². The summed E-state index contributed by atoms with van der Waals surface area (Å²) in [6, 6.07) is 5.88. The average Bonchev–Trinajstić information content (AvgIpc) is 2.69. The van der Waals surface area contributed by atoms with Gasteiger partial charge in [0.1, 0.15) is 5.82 Å². The Morgan fingerprint density at radius 1 is 1.11 bits per heavy atom. The van der Waals surface area contributed by atoms with Crippen LogP contribution >= 0.6 is 0 Å². The molecule has 0 aliphatic carbocycles. The molecular weight excluding hydrogens is 344 g/mol. The number of ether oxygens (including phenoxy) is 2. The molecule has 3 rings (SSSR count). The first-order chi connectivity index (χ1) is 13.2. The number of methoxy groups -OCH3 is 2. The van der Waals surface area contributed by atoms with Crippen LogP contribution in [0.5, 0.6) is 11.5 Å². The van der Waals surface area contributed by atoms with Crippen LogP contribution in [0.2, 0.25) is 0 Å². The van der Waals surface area contributed by atoms with Gasteiger partial charge >= 0.3 is 5.69 Å². The van der Waals surface area contributed by atoms with Crippen LogP contribution in [0.25, 0.3) is 11.3 Å². The number of nitrogens with one attached hydrogen (secondary N) is 1. The predicted octanol–water partition coefficient (Wildman–Crippen LogP) is 2.41. The van der Waals surface area contributed by atoms with Crippen molar-refractivity contribution >= 4 is 5.82 Å². The highest BCUT2D eigenvalue weighted by molar-refractivity contribution is 5.71. The zero-order valence-corrected chi connectivity index (χ0v) is 16.1. The molecule has 146 valence electrons. The quantitative estimate of drug-likeness (QED) is 0.657. The first-order valence-electron chi connectivity index (χ1n) is 9.49. The number of rotatable bonds is 9. The van der Waals surface area contributed by atoms with Gasteiger partial charge in [-0.1, -0.05) is 12.8 Å². The van der Waals surface area contributed by atoms with Crippen molar-refractivity contribution in [3.8, 4) is 22.8 Å². The first-order valence-corrected chi connectivity index (χ1v) is 9.49. The zero-order chi connectivity index (χ0) is 19.2. The summed E-state index contributed by atoms with van der Waals surface area (Å²) in [6.07, 6.45) is 5.10. The highest BCUT2D eigenvalue weighted by atomic mass is 16.5. The molecule has 1 aliphatic rings. The van der Waals surface area contributed by atoms with E-state index in [1.165, 1.54) is 0 Å². The fourth-order valence-electron chi connectivity index (χ4n) is 3.47. The smallest absolute Gasteiger partial charge is 0.349 e. The van der Waals surface area contributed by atoms with Crippen molar-refractivity contribution in [3.05, 3.63) is 34.2 Å². The molecule has 0 atom stereocenters. The summed E-state index contributed by atoms with van der Waals surface area (Å²) in [5.74, 6) is 1.98. The number of hydrogen-bond acceptors (Lipinski definition) is 6. The molecule has 0 unspecified atom stereocenters. The monoisotopic (exact) mass is 372 g/mol. The Balaban J connectivity index is 1.84. The third-order valence-corrected chi connectivity index (χ3v) is 4.94. The lowest BCUT2D eigenvalue weighted by Crippen LogP contribution is -2.29. The molecule has 0 radical (unpaired) electrons. The van der Waals surface area contributed by atoms with Gasteiger partial charge in [-0.2, -0.15) is 4.98 Å². The molecule has 0 bridgehead atoms. The average molecular weight is 372 g/mol. The molecule has 7 nitrogen and oxygen atoms in total. The van der Waals surface area contributed by atoms with E-state index < -0.39 is 0 Å². The molecule has 27 heavy (non-hydrogen) atoms. The maximum atomic E-state index is 12.5. The Kier molecular flexibility index (Phi) is 6.34. The lowest BCUT2D eigenvalue weighted by molar-refractivity contribution is 0.354. The molecule has 0 saturated heterocycles. The topological polar surface area (TPSA) is 91.4 Å². The number of nitrogens with zero attached hydrogens (tertiary/aromatic N) is 2. The summed E-state index contributed by atoms with van der Waals surface area (Å²) < 4.78 is 12.6. The highest BCUT2D eigenvalue weighted by Gasteiger charge is 2.21. The molecule has 2 heterocycles. The van der Waals surface area contributed by atoms with Gasteiger partial charge in [0.15, 0.2) is 11.5 Å². The fourth-order valence-corrected chi connectivity index (χ4v) is 3.47. The Hall–Kier alpha value is -2.54. The van der Waals surface area contributed by atoms with E-state index in [4.69, 9.17) is 15.2 Å². The number of anilines is 1. The maximum absolute atomic E-state index is 12.5. The SMILES string of the molecule is COc1cc2c(cc1OC)-c1cc(NCCCCCCN)nc(=O)n1CC2. The van der Waals surface area contributed by atoms with Crippen molar-refractivity contribution in [2.45, 2.75) is 38.6 Å². The third kappa shape index (κ3) is 4.24. The summed E-state index contributed by atoms with van der Waals surface area (Å²) in [5, 5.41) is 3.28. The van der Waals surface area contributed by atoms with E-state index in [1.54, 1.807) is 18.8 Å². The molecule has 7 heteroatoms. The summed E-state index contributed by atoms with van der Waals surface area (Å²) in [5.41, 5.74) is 8.29. The molecule has 2 aromatic rings. The second-order valence-electron chi connectivity index (χ2n) is 6.70. The second-order valence-corrected chi connectivity index (χ2v) is 6.70. The van der Waals surface area contributed by atoms with Crippen molar-refractivity contribution in [1.82, 2.24) is 9.55 Å². The Labute approximate surface area is 159 Å². The molecule has 0 spiro atoms. The Morgan fingerprint density at radius 3 is 2.59 bits per heavy atom. The second kappa shape index (κ2) is 8.90. The normalized spacial score (nSPS) is 12.3. The summed E-state index contributed by atoms with van der Waals surface area (Å²) in [6.45, 7) is 2.15. The van der Waals surface area contributed by atoms with Gasteiger partial charge in [0.25, 0.3) is 0 Å². The maximum Gasteiger partial charge on any atom is 0.349 e. The van der Waals surface area contributed by atoms with E-state index in [-0.39, 0.29) is 5.69 Å². The van der Waals surface area contributed by atoms with E-state index in [0.717, 1.165) is 62.0 Å².